The lowest BCUT2D eigenvalue weighted by molar-refractivity contribution is -0.137. The van der Waals surface area contributed by atoms with Crippen molar-refractivity contribution in [2.24, 2.45) is 0 Å². The van der Waals surface area contributed by atoms with Crippen molar-refractivity contribution < 1.29 is 13.2 Å². The minimum absolute atomic E-state index is 0.166. The number of alkyl halides is 3. The molecule has 1 saturated carbocycles. The molecule has 1 aromatic rings. The van der Waals surface area contributed by atoms with Crippen LogP contribution in [0, 0.1) is 0 Å². The summed E-state index contributed by atoms with van der Waals surface area (Å²) >= 11 is 3.17. The Balaban J connectivity index is 2.34. The van der Waals surface area contributed by atoms with Crippen LogP contribution in [0.5, 0.6) is 0 Å². The van der Waals surface area contributed by atoms with Gasteiger partial charge in [0.2, 0.25) is 0 Å². The number of hydrogen-bond acceptors (Lipinski definition) is 1. The Morgan fingerprint density at radius 2 is 1.93 bits per heavy atom. The van der Waals surface area contributed by atoms with Crippen LogP contribution in [0.25, 0.3) is 0 Å². The van der Waals surface area contributed by atoms with Gasteiger partial charge in [-0.3, -0.25) is 0 Å². The number of hydrogen-bond donors (Lipinski definition) is 1. The molecule has 1 aromatic carbocycles. The van der Waals surface area contributed by atoms with Gasteiger partial charge in [0.05, 0.1) is 5.56 Å². The van der Waals surface area contributed by atoms with E-state index in [1.807, 2.05) is 0 Å². The van der Waals surface area contributed by atoms with E-state index in [0.29, 0.717) is 4.47 Å². The third-order valence-corrected chi connectivity index (χ3v) is 2.72. The highest BCUT2D eigenvalue weighted by Gasteiger charge is 2.34. The van der Waals surface area contributed by atoms with Crippen LogP contribution in [-0.2, 0) is 6.18 Å². The van der Waals surface area contributed by atoms with Crippen molar-refractivity contribution >= 4 is 21.6 Å². The van der Waals surface area contributed by atoms with Crippen LogP contribution in [-0.4, -0.2) is 6.04 Å². The molecule has 1 fully saturated rings. The van der Waals surface area contributed by atoms with Gasteiger partial charge in [-0.1, -0.05) is 15.9 Å². The molecule has 0 spiro atoms. The van der Waals surface area contributed by atoms with E-state index >= 15 is 0 Å². The molecule has 0 amide bonds. The first-order valence-electron chi connectivity index (χ1n) is 4.60. The van der Waals surface area contributed by atoms with Crippen molar-refractivity contribution in [3.63, 3.8) is 0 Å². The average Bonchev–Trinajstić information content (AvgIpc) is 2.85. The van der Waals surface area contributed by atoms with Crippen LogP contribution in [0.3, 0.4) is 0 Å². The van der Waals surface area contributed by atoms with E-state index in [0.717, 1.165) is 18.9 Å². The second-order valence-corrected chi connectivity index (χ2v) is 4.52. The highest BCUT2D eigenvalue weighted by atomic mass is 79.9. The van der Waals surface area contributed by atoms with E-state index in [-0.39, 0.29) is 11.7 Å². The Hall–Kier alpha value is -0.710. The molecule has 0 heterocycles. The highest BCUT2D eigenvalue weighted by molar-refractivity contribution is 9.10. The van der Waals surface area contributed by atoms with Crippen LogP contribution >= 0.6 is 15.9 Å². The summed E-state index contributed by atoms with van der Waals surface area (Å²) in [6, 6.07) is 4.18. The largest absolute Gasteiger partial charge is 0.418 e. The van der Waals surface area contributed by atoms with E-state index in [9.17, 15) is 13.2 Å². The predicted octanol–water partition coefficient (Wildman–Crippen LogP) is 4.04. The van der Waals surface area contributed by atoms with Crippen molar-refractivity contribution in [2.75, 3.05) is 5.32 Å². The molecule has 82 valence electrons. The predicted molar refractivity (Wildman–Crippen MR) is 55.8 cm³/mol. The number of rotatable bonds is 2. The number of halogens is 4. The van der Waals surface area contributed by atoms with Gasteiger partial charge in [0.15, 0.2) is 0 Å². The van der Waals surface area contributed by atoms with Crippen molar-refractivity contribution in [3.05, 3.63) is 28.2 Å². The lowest BCUT2D eigenvalue weighted by Crippen LogP contribution is -2.11. The fraction of sp³-hybridized carbons (Fsp3) is 0.400. The first-order chi connectivity index (χ1) is 6.97. The summed E-state index contributed by atoms with van der Waals surface area (Å²) in [7, 11) is 0. The highest BCUT2D eigenvalue weighted by Crippen LogP contribution is 2.38. The average molecular weight is 280 g/mol. The lowest BCUT2D eigenvalue weighted by Gasteiger charge is -2.14. The standard InChI is InChI=1S/C10H9BrF3N/c11-6-1-4-8(10(12,13)14)9(5-6)15-7-2-3-7/h1,4-5,7,15H,2-3H2. The van der Waals surface area contributed by atoms with E-state index in [1.54, 1.807) is 0 Å². The summed E-state index contributed by atoms with van der Waals surface area (Å²) in [5.74, 6) is 0. The molecule has 5 heteroatoms. The topological polar surface area (TPSA) is 12.0 Å². The van der Waals surface area contributed by atoms with Crippen molar-refractivity contribution in [1.82, 2.24) is 0 Å². The molecule has 15 heavy (non-hydrogen) atoms. The Morgan fingerprint density at radius 3 is 2.47 bits per heavy atom. The minimum Gasteiger partial charge on any atom is -0.382 e. The molecule has 0 unspecified atom stereocenters. The van der Waals surface area contributed by atoms with Crippen LogP contribution < -0.4 is 5.32 Å². The Labute approximate surface area is 93.8 Å². The molecule has 0 atom stereocenters. The quantitative estimate of drug-likeness (QED) is 0.862. The summed E-state index contributed by atoms with van der Waals surface area (Å²) in [5.41, 5.74) is -0.433. The van der Waals surface area contributed by atoms with Gasteiger partial charge in [-0.2, -0.15) is 13.2 Å². The van der Waals surface area contributed by atoms with Gasteiger partial charge in [0.25, 0.3) is 0 Å². The SMILES string of the molecule is FC(F)(F)c1ccc(Br)cc1NC1CC1. The summed E-state index contributed by atoms with van der Waals surface area (Å²) in [6.07, 6.45) is -2.40. The molecule has 0 aliphatic heterocycles. The maximum atomic E-state index is 12.6. The van der Waals surface area contributed by atoms with E-state index in [4.69, 9.17) is 0 Å². The summed E-state index contributed by atoms with van der Waals surface area (Å²) in [6.45, 7) is 0. The van der Waals surface area contributed by atoms with Crippen molar-refractivity contribution in [1.29, 1.82) is 0 Å². The van der Waals surface area contributed by atoms with Gasteiger partial charge in [0.1, 0.15) is 0 Å². The van der Waals surface area contributed by atoms with E-state index in [1.165, 1.54) is 12.1 Å². The maximum absolute atomic E-state index is 12.6. The molecule has 0 aromatic heterocycles. The molecular weight excluding hydrogens is 271 g/mol. The summed E-state index contributed by atoms with van der Waals surface area (Å²) < 4.78 is 38.4. The van der Waals surface area contributed by atoms with Crippen molar-refractivity contribution in [3.8, 4) is 0 Å². The number of benzene rings is 1. The zero-order chi connectivity index (χ0) is 11.1. The first kappa shape index (κ1) is 10.8. The zero-order valence-corrected chi connectivity index (χ0v) is 9.32. The molecule has 2 rings (SSSR count). The molecule has 0 radical (unpaired) electrons. The van der Waals surface area contributed by atoms with Gasteiger partial charge in [-0.05, 0) is 31.0 Å². The van der Waals surface area contributed by atoms with Gasteiger partial charge in [-0.15, -0.1) is 0 Å². The fourth-order valence-electron chi connectivity index (χ4n) is 1.33. The Bertz CT molecular complexity index is 371. The molecule has 1 N–H and O–H groups in total. The van der Waals surface area contributed by atoms with E-state index < -0.39 is 11.7 Å². The van der Waals surface area contributed by atoms with Crippen molar-refractivity contribution in [2.45, 2.75) is 25.1 Å². The summed E-state index contributed by atoms with van der Waals surface area (Å²) in [4.78, 5) is 0. The normalized spacial score (nSPS) is 16.5. The van der Waals surface area contributed by atoms with Crippen LogP contribution in [0.1, 0.15) is 18.4 Å². The third-order valence-electron chi connectivity index (χ3n) is 2.22. The van der Waals surface area contributed by atoms with Gasteiger partial charge in [0, 0.05) is 16.2 Å². The third kappa shape index (κ3) is 2.65. The van der Waals surface area contributed by atoms with Gasteiger partial charge >= 0.3 is 6.18 Å². The number of nitrogens with one attached hydrogen (secondary N) is 1. The second-order valence-electron chi connectivity index (χ2n) is 3.61. The van der Waals surface area contributed by atoms with Crippen LogP contribution in [0.2, 0.25) is 0 Å². The Kier molecular flexibility index (Phi) is 2.66. The second kappa shape index (κ2) is 3.70. The number of anilines is 1. The first-order valence-corrected chi connectivity index (χ1v) is 5.39. The van der Waals surface area contributed by atoms with E-state index in [2.05, 4.69) is 21.2 Å². The molecular formula is C10H9BrF3N. The molecule has 0 bridgehead atoms. The molecule has 0 saturated heterocycles. The molecule has 1 aliphatic carbocycles. The van der Waals surface area contributed by atoms with Crippen LogP contribution in [0.15, 0.2) is 22.7 Å². The van der Waals surface area contributed by atoms with Gasteiger partial charge < -0.3 is 5.32 Å². The van der Waals surface area contributed by atoms with Crippen LogP contribution in [0.4, 0.5) is 18.9 Å². The van der Waals surface area contributed by atoms with Gasteiger partial charge in [-0.25, -0.2) is 0 Å². The fourth-order valence-corrected chi connectivity index (χ4v) is 1.69. The minimum atomic E-state index is -4.29. The smallest absolute Gasteiger partial charge is 0.382 e. The Morgan fingerprint density at radius 1 is 1.27 bits per heavy atom. The molecule has 1 aliphatic rings. The molecule has 1 nitrogen and oxygen atoms in total. The summed E-state index contributed by atoms with van der Waals surface area (Å²) in [5, 5.41) is 2.88. The lowest BCUT2D eigenvalue weighted by atomic mass is 10.1. The zero-order valence-electron chi connectivity index (χ0n) is 7.74. The maximum Gasteiger partial charge on any atom is 0.418 e. The monoisotopic (exact) mass is 279 g/mol.